The van der Waals surface area contributed by atoms with E-state index in [1.165, 1.54) is 0 Å². The minimum Gasteiger partial charge on any atom is -0.497 e. The van der Waals surface area contributed by atoms with E-state index >= 15 is 0 Å². The lowest BCUT2D eigenvalue weighted by Gasteiger charge is -2.12. The van der Waals surface area contributed by atoms with Gasteiger partial charge in [-0.2, -0.15) is 0 Å². The van der Waals surface area contributed by atoms with Gasteiger partial charge < -0.3 is 14.2 Å². The third-order valence-corrected chi connectivity index (χ3v) is 3.16. The third kappa shape index (κ3) is 4.02. The van der Waals surface area contributed by atoms with Crippen LogP contribution < -0.4 is 14.2 Å². The molecule has 0 N–H and O–H groups in total. The molecule has 0 saturated heterocycles. The molecule has 0 bridgehead atoms. The molecule has 0 aliphatic heterocycles. The second-order valence-electron chi connectivity index (χ2n) is 4.61. The van der Waals surface area contributed by atoms with Crippen molar-refractivity contribution in [1.82, 2.24) is 0 Å². The molecule has 3 heteroatoms. The Morgan fingerprint density at radius 3 is 2.24 bits per heavy atom. The summed E-state index contributed by atoms with van der Waals surface area (Å²) in [5.41, 5.74) is 2.23. The van der Waals surface area contributed by atoms with Gasteiger partial charge >= 0.3 is 0 Å². The average molecular weight is 284 g/mol. The summed E-state index contributed by atoms with van der Waals surface area (Å²) in [6.45, 7) is 4.23. The van der Waals surface area contributed by atoms with Gasteiger partial charge in [0.25, 0.3) is 0 Å². The van der Waals surface area contributed by atoms with E-state index in [4.69, 9.17) is 14.2 Å². The molecule has 0 heterocycles. The number of rotatable bonds is 7. The zero-order chi connectivity index (χ0) is 15.1. The van der Waals surface area contributed by atoms with E-state index in [2.05, 4.69) is 6.58 Å². The molecule has 0 atom stereocenters. The van der Waals surface area contributed by atoms with Crippen molar-refractivity contribution in [2.75, 3.05) is 14.2 Å². The predicted octanol–water partition coefficient (Wildman–Crippen LogP) is 4.01. The van der Waals surface area contributed by atoms with Gasteiger partial charge in [-0.1, -0.05) is 24.3 Å². The highest BCUT2D eigenvalue weighted by molar-refractivity contribution is 5.43. The molecule has 0 radical (unpaired) electrons. The third-order valence-electron chi connectivity index (χ3n) is 3.16. The minimum absolute atomic E-state index is 0.487. The van der Waals surface area contributed by atoms with Crippen LogP contribution in [0.5, 0.6) is 17.2 Å². The lowest BCUT2D eigenvalue weighted by atomic mass is 10.1. The van der Waals surface area contributed by atoms with Crippen molar-refractivity contribution in [2.24, 2.45) is 0 Å². The van der Waals surface area contributed by atoms with Crippen LogP contribution >= 0.6 is 0 Å². The molecule has 2 rings (SSSR count). The monoisotopic (exact) mass is 284 g/mol. The summed E-state index contributed by atoms with van der Waals surface area (Å²) in [6, 6.07) is 13.7. The number of benzene rings is 2. The van der Waals surface area contributed by atoms with Crippen molar-refractivity contribution in [1.29, 1.82) is 0 Å². The fourth-order valence-corrected chi connectivity index (χ4v) is 2.01. The lowest BCUT2D eigenvalue weighted by Crippen LogP contribution is -1.98. The van der Waals surface area contributed by atoms with Gasteiger partial charge in [-0.05, 0) is 41.8 Å². The predicted molar refractivity (Wildman–Crippen MR) is 84.2 cm³/mol. The van der Waals surface area contributed by atoms with Crippen LogP contribution in [0.2, 0.25) is 0 Å². The summed E-state index contributed by atoms with van der Waals surface area (Å²) in [5, 5.41) is 0. The highest BCUT2D eigenvalue weighted by Crippen LogP contribution is 2.29. The van der Waals surface area contributed by atoms with Gasteiger partial charge in [0.2, 0.25) is 0 Å². The van der Waals surface area contributed by atoms with Crippen molar-refractivity contribution in [3.63, 3.8) is 0 Å². The number of hydrogen-bond donors (Lipinski definition) is 0. The summed E-state index contributed by atoms with van der Waals surface area (Å²) in [4.78, 5) is 0. The van der Waals surface area contributed by atoms with Crippen LogP contribution in [0.15, 0.2) is 55.1 Å². The molecule has 0 amide bonds. The van der Waals surface area contributed by atoms with Crippen LogP contribution in [0.1, 0.15) is 11.1 Å². The Balaban J connectivity index is 2.06. The number of ether oxygens (including phenoxy) is 3. The molecule has 0 aliphatic rings. The van der Waals surface area contributed by atoms with E-state index in [1.807, 2.05) is 48.5 Å². The summed E-state index contributed by atoms with van der Waals surface area (Å²) in [6.07, 6.45) is 2.68. The average Bonchev–Trinajstić information content (AvgIpc) is 2.54. The van der Waals surface area contributed by atoms with Gasteiger partial charge in [0.1, 0.15) is 12.4 Å². The molecule has 0 unspecified atom stereocenters. The second kappa shape index (κ2) is 7.39. The van der Waals surface area contributed by atoms with Crippen LogP contribution in [0, 0.1) is 0 Å². The van der Waals surface area contributed by atoms with E-state index < -0.39 is 0 Å². The van der Waals surface area contributed by atoms with Crippen LogP contribution in [0.4, 0.5) is 0 Å². The molecule has 0 saturated carbocycles. The fraction of sp³-hybridized carbons (Fsp3) is 0.222. The molecule has 110 valence electrons. The second-order valence-corrected chi connectivity index (χ2v) is 4.61. The first-order valence-corrected chi connectivity index (χ1v) is 6.80. The maximum atomic E-state index is 5.83. The Morgan fingerprint density at radius 1 is 0.905 bits per heavy atom. The maximum Gasteiger partial charge on any atom is 0.161 e. The van der Waals surface area contributed by atoms with Crippen LogP contribution in [-0.4, -0.2) is 14.2 Å². The Kier molecular flexibility index (Phi) is 5.27. The SMILES string of the molecule is C=CCc1ccc(OCc2ccc(OC)cc2)c(OC)c1. The number of allylic oxidation sites excluding steroid dienone is 1. The first-order chi connectivity index (χ1) is 10.3. The van der Waals surface area contributed by atoms with Crippen molar-refractivity contribution < 1.29 is 14.2 Å². The van der Waals surface area contributed by atoms with Crippen LogP contribution in [0.3, 0.4) is 0 Å². The first-order valence-electron chi connectivity index (χ1n) is 6.80. The maximum absolute atomic E-state index is 5.83. The zero-order valence-electron chi connectivity index (χ0n) is 12.5. The molecule has 2 aromatic rings. The summed E-state index contributed by atoms with van der Waals surface area (Å²) < 4.78 is 16.3. The Hall–Kier alpha value is -2.42. The molecule has 2 aromatic carbocycles. The normalized spacial score (nSPS) is 10.0. The molecule has 3 nitrogen and oxygen atoms in total. The lowest BCUT2D eigenvalue weighted by molar-refractivity contribution is 0.284. The minimum atomic E-state index is 0.487. The Bertz CT molecular complexity index is 588. The fourth-order valence-electron chi connectivity index (χ4n) is 2.01. The van der Waals surface area contributed by atoms with Gasteiger partial charge in [0.15, 0.2) is 11.5 Å². The van der Waals surface area contributed by atoms with E-state index in [0.29, 0.717) is 6.61 Å². The number of hydrogen-bond acceptors (Lipinski definition) is 3. The van der Waals surface area contributed by atoms with Gasteiger partial charge in [-0.15, -0.1) is 6.58 Å². The molecular formula is C18H20O3. The van der Waals surface area contributed by atoms with Gasteiger partial charge in [0, 0.05) is 0 Å². The summed E-state index contributed by atoms with van der Waals surface area (Å²) >= 11 is 0. The van der Waals surface area contributed by atoms with Crippen molar-refractivity contribution >= 4 is 0 Å². The molecule has 0 spiro atoms. The van der Waals surface area contributed by atoms with Gasteiger partial charge in [-0.3, -0.25) is 0 Å². The van der Waals surface area contributed by atoms with E-state index in [-0.39, 0.29) is 0 Å². The zero-order valence-corrected chi connectivity index (χ0v) is 12.5. The molecule has 0 aliphatic carbocycles. The topological polar surface area (TPSA) is 27.7 Å². The van der Waals surface area contributed by atoms with Crippen molar-refractivity contribution in [2.45, 2.75) is 13.0 Å². The van der Waals surface area contributed by atoms with E-state index in [1.54, 1.807) is 14.2 Å². The molecule has 0 fully saturated rings. The standard InChI is InChI=1S/C18H20O3/c1-4-5-14-8-11-17(18(12-14)20-3)21-13-15-6-9-16(19-2)10-7-15/h4,6-12H,1,5,13H2,2-3H3. The quantitative estimate of drug-likeness (QED) is 0.719. The summed E-state index contributed by atoms with van der Waals surface area (Å²) in [7, 11) is 3.30. The molecule has 21 heavy (non-hydrogen) atoms. The van der Waals surface area contributed by atoms with Crippen LogP contribution in [-0.2, 0) is 13.0 Å². The first kappa shape index (κ1) is 15.0. The van der Waals surface area contributed by atoms with Crippen molar-refractivity contribution in [3.05, 3.63) is 66.2 Å². The Labute approximate surface area is 125 Å². The van der Waals surface area contributed by atoms with Crippen LogP contribution in [0.25, 0.3) is 0 Å². The highest BCUT2D eigenvalue weighted by Gasteiger charge is 2.06. The molecule has 0 aromatic heterocycles. The Morgan fingerprint density at radius 2 is 1.62 bits per heavy atom. The van der Waals surface area contributed by atoms with E-state index in [0.717, 1.165) is 34.8 Å². The smallest absolute Gasteiger partial charge is 0.161 e. The largest absolute Gasteiger partial charge is 0.497 e. The van der Waals surface area contributed by atoms with Gasteiger partial charge in [-0.25, -0.2) is 0 Å². The summed E-state index contributed by atoms with van der Waals surface area (Å²) in [5.74, 6) is 2.31. The van der Waals surface area contributed by atoms with Gasteiger partial charge in [0.05, 0.1) is 14.2 Å². The number of methoxy groups -OCH3 is 2. The molecular weight excluding hydrogens is 264 g/mol. The van der Waals surface area contributed by atoms with E-state index in [9.17, 15) is 0 Å². The van der Waals surface area contributed by atoms with Crippen molar-refractivity contribution in [3.8, 4) is 17.2 Å². The highest BCUT2D eigenvalue weighted by atomic mass is 16.5.